The maximum Gasteiger partial charge on any atom is 0.262 e. The summed E-state index contributed by atoms with van der Waals surface area (Å²) in [5.41, 5.74) is 2.98. The molecular formula is C19H20N6O. The minimum atomic E-state index is -0.125. The summed E-state index contributed by atoms with van der Waals surface area (Å²) >= 11 is 0. The van der Waals surface area contributed by atoms with Crippen LogP contribution in [0.2, 0.25) is 0 Å². The van der Waals surface area contributed by atoms with E-state index in [0.717, 1.165) is 36.2 Å². The topological polar surface area (TPSA) is 80.9 Å². The average Bonchev–Trinajstić information content (AvgIpc) is 3.39. The SMILES string of the molecule is CCc1nn(C2CCCC2)c2nc(-c3cccn4ccnc34)[nH]c(=O)c12. The fourth-order valence-corrected chi connectivity index (χ4v) is 4.03. The Labute approximate surface area is 149 Å². The molecule has 7 nitrogen and oxygen atoms in total. The lowest BCUT2D eigenvalue weighted by Gasteiger charge is -2.11. The molecule has 7 heteroatoms. The lowest BCUT2D eigenvalue weighted by molar-refractivity contribution is 0.474. The van der Waals surface area contributed by atoms with Gasteiger partial charge < -0.3 is 9.38 Å². The normalized spacial score (nSPS) is 15.4. The summed E-state index contributed by atoms with van der Waals surface area (Å²) in [4.78, 5) is 25.1. The maximum absolute atomic E-state index is 12.9. The first kappa shape index (κ1) is 15.3. The van der Waals surface area contributed by atoms with Crippen LogP contribution in [0.1, 0.15) is 44.3 Å². The molecule has 0 atom stereocenters. The van der Waals surface area contributed by atoms with Gasteiger partial charge in [-0.15, -0.1) is 0 Å². The zero-order valence-corrected chi connectivity index (χ0v) is 14.6. The van der Waals surface area contributed by atoms with Crippen molar-refractivity contribution in [3.63, 3.8) is 0 Å². The standard InChI is InChI=1S/C19H20N6O/c1-2-14-15-18(25(23-14)12-6-3-4-7-12)21-16(22-19(15)26)13-8-5-10-24-11-9-20-17(13)24/h5,8-12H,2-4,6-7H2,1H3,(H,21,22,26). The van der Waals surface area contributed by atoms with E-state index in [1.165, 1.54) is 12.8 Å². The number of H-pyrrole nitrogens is 1. The molecule has 0 radical (unpaired) electrons. The molecule has 4 heterocycles. The lowest BCUT2D eigenvalue weighted by atomic mass is 10.2. The van der Waals surface area contributed by atoms with E-state index in [4.69, 9.17) is 10.1 Å². The molecule has 0 aromatic carbocycles. The highest BCUT2D eigenvalue weighted by atomic mass is 16.1. The Morgan fingerprint density at radius 2 is 2.08 bits per heavy atom. The highest BCUT2D eigenvalue weighted by molar-refractivity contribution is 5.81. The Morgan fingerprint density at radius 3 is 2.88 bits per heavy atom. The van der Waals surface area contributed by atoms with E-state index < -0.39 is 0 Å². The molecular weight excluding hydrogens is 328 g/mol. The second-order valence-corrected chi connectivity index (χ2v) is 6.88. The van der Waals surface area contributed by atoms with Crippen molar-refractivity contribution in [2.24, 2.45) is 0 Å². The molecule has 5 rings (SSSR count). The van der Waals surface area contributed by atoms with Gasteiger partial charge in [0.1, 0.15) is 16.9 Å². The predicted octanol–water partition coefficient (Wildman–Crippen LogP) is 3.11. The van der Waals surface area contributed by atoms with E-state index >= 15 is 0 Å². The Balaban J connectivity index is 1.79. The Bertz CT molecular complexity index is 1160. The van der Waals surface area contributed by atoms with Crippen molar-refractivity contribution in [1.82, 2.24) is 29.1 Å². The molecule has 0 unspecified atom stereocenters. The van der Waals surface area contributed by atoms with Crippen molar-refractivity contribution in [3.05, 3.63) is 46.8 Å². The third-order valence-electron chi connectivity index (χ3n) is 5.31. The highest BCUT2D eigenvalue weighted by Crippen LogP contribution is 2.32. The van der Waals surface area contributed by atoms with E-state index in [1.807, 2.05) is 40.5 Å². The van der Waals surface area contributed by atoms with Gasteiger partial charge in [0.05, 0.1) is 17.3 Å². The number of nitrogens with zero attached hydrogens (tertiary/aromatic N) is 5. The molecule has 1 saturated carbocycles. The summed E-state index contributed by atoms with van der Waals surface area (Å²) in [6.07, 6.45) is 10.9. The van der Waals surface area contributed by atoms with Gasteiger partial charge in [0.25, 0.3) is 5.56 Å². The monoisotopic (exact) mass is 348 g/mol. The molecule has 132 valence electrons. The quantitative estimate of drug-likeness (QED) is 0.617. The fourth-order valence-electron chi connectivity index (χ4n) is 4.03. The van der Waals surface area contributed by atoms with Gasteiger partial charge in [-0.2, -0.15) is 5.10 Å². The first-order chi connectivity index (χ1) is 12.8. The molecule has 0 bridgehead atoms. The Hall–Kier alpha value is -2.96. The van der Waals surface area contributed by atoms with E-state index in [9.17, 15) is 4.79 Å². The van der Waals surface area contributed by atoms with Gasteiger partial charge in [-0.3, -0.25) is 4.79 Å². The lowest BCUT2D eigenvalue weighted by Crippen LogP contribution is -2.13. The second-order valence-electron chi connectivity index (χ2n) is 6.88. The van der Waals surface area contributed by atoms with Crippen LogP contribution in [0.15, 0.2) is 35.5 Å². The number of aromatic amines is 1. The van der Waals surface area contributed by atoms with Gasteiger partial charge in [-0.05, 0) is 31.4 Å². The van der Waals surface area contributed by atoms with Gasteiger partial charge >= 0.3 is 0 Å². The Morgan fingerprint density at radius 1 is 1.23 bits per heavy atom. The molecule has 4 aromatic heterocycles. The van der Waals surface area contributed by atoms with Gasteiger partial charge in [0.2, 0.25) is 0 Å². The highest BCUT2D eigenvalue weighted by Gasteiger charge is 2.24. The van der Waals surface area contributed by atoms with Crippen molar-refractivity contribution in [3.8, 4) is 11.4 Å². The van der Waals surface area contributed by atoms with Crippen molar-refractivity contribution < 1.29 is 0 Å². The van der Waals surface area contributed by atoms with Crippen LogP contribution in [0.4, 0.5) is 0 Å². The van der Waals surface area contributed by atoms with Crippen LogP contribution >= 0.6 is 0 Å². The minimum Gasteiger partial charge on any atom is -0.307 e. The molecule has 26 heavy (non-hydrogen) atoms. The largest absolute Gasteiger partial charge is 0.307 e. The van der Waals surface area contributed by atoms with Gasteiger partial charge in [-0.1, -0.05) is 19.8 Å². The first-order valence-electron chi connectivity index (χ1n) is 9.19. The molecule has 1 aliphatic rings. The summed E-state index contributed by atoms with van der Waals surface area (Å²) in [7, 11) is 0. The first-order valence-corrected chi connectivity index (χ1v) is 9.19. The number of nitrogens with one attached hydrogen (secondary N) is 1. The average molecular weight is 348 g/mol. The number of hydrogen-bond donors (Lipinski definition) is 1. The van der Waals surface area contributed by atoms with E-state index in [2.05, 4.69) is 9.97 Å². The van der Waals surface area contributed by atoms with Crippen LogP contribution in [0.3, 0.4) is 0 Å². The van der Waals surface area contributed by atoms with Gasteiger partial charge in [0.15, 0.2) is 5.65 Å². The summed E-state index contributed by atoms with van der Waals surface area (Å²) in [6, 6.07) is 4.20. The molecule has 4 aromatic rings. The van der Waals surface area contributed by atoms with Crippen molar-refractivity contribution in [2.75, 3.05) is 0 Å². The number of rotatable bonds is 3. The van der Waals surface area contributed by atoms with Crippen LogP contribution < -0.4 is 5.56 Å². The zero-order valence-electron chi connectivity index (χ0n) is 14.6. The molecule has 0 aliphatic heterocycles. The third kappa shape index (κ3) is 2.20. The molecule has 1 N–H and O–H groups in total. The number of hydrogen-bond acceptors (Lipinski definition) is 4. The second kappa shape index (κ2) is 5.79. The third-order valence-corrected chi connectivity index (χ3v) is 5.31. The van der Waals surface area contributed by atoms with Crippen LogP contribution in [0, 0.1) is 0 Å². The number of aromatic nitrogens is 6. The van der Waals surface area contributed by atoms with E-state index in [0.29, 0.717) is 22.9 Å². The van der Waals surface area contributed by atoms with Crippen LogP contribution in [-0.4, -0.2) is 29.1 Å². The number of imidazole rings is 1. The summed E-state index contributed by atoms with van der Waals surface area (Å²) in [5.74, 6) is 0.543. The van der Waals surface area contributed by atoms with Crippen molar-refractivity contribution >= 4 is 16.7 Å². The molecule has 1 fully saturated rings. The zero-order chi connectivity index (χ0) is 17.7. The summed E-state index contributed by atoms with van der Waals surface area (Å²) in [6.45, 7) is 2.03. The van der Waals surface area contributed by atoms with E-state index in [-0.39, 0.29) is 5.56 Å². The summed E-state index contributed by atoms with van der Waals surface area (Å²) < 4.78 is 3.91. The minimum absolute atomic E-state index is 0.125. The van der Waals surface area contributed by atoms with Gasteiger partial charge in [-0.25, -0.2) is 14.6 Å². The molecule has 0 spiro atoms. The molecule has 1 aliphatic carbocycles. The van der Waals surface area contributed by atoms with Gasteiger partial charge in [0, 0.05) is 18.6 Å². The summed E-state index contributed by atoms with van der Waals surface area (Å²) in [5, 5.41) is 5.37. The smallest absolute Gasteiger partial charge is 0.262 e. The van der Waals surface area contributed by atoms with Crippen molar-refractivity contribution in [2.45, 2.75) is 45.1 Å². The number of aryl methyl sites for hydroxylation is 1. The number of fused-ring (bicyclic) bond motifs is 2. The van der Waals surface area contributed by atoms with E-state index in [1.54, 1.807) is 6.20 Å². The molecule has 0 amide bonds. The molecule has 0 saturated heterocycles. The van der Waals surface area contributed by atoms with Crippen LogP contribution in [-0.2, 0) is 6.42 Å². The Kier molecular flexibility index (Phi) is 3.41. The number of pyridine rings is 1. The maximum atomic E-state index is 12.9. The van der Waals surface area contributed by atoms with Crippen LogP contribution in [0.25, 0.3) is 28.1 Å². The van der Waals surface area contributed by atoms with Crippen LogP contribution in [0.5, 0.6) is 0 Å². The predicted molar refractivity (Wildman–Crippen MR) is 99.2 cm³/mol. The van der Waals surface area contributed by atoms with Crippen molar-refractivity contribution in [1.29, 1.82) is 0 Å². The fraction of sp³-hybridized carbons (Fsp3) is 0.368.